The number of carbonyl (C=O) groups is 2. The van der Waals surface area contributed by atoms with E-state index in [-0.39, 0.29) is 27.8 Å². The molecule has 0 saturated heterocycles. The lowest BCUT2D eigenvalue weighted by Crippen LogP contribution is -2.35. The van der Waals surface area contributed by atoms with Gasteiger partial charge in [0.15, 0.2) is 0 Å². The number of non-ortho nitro benzene ring substituents is 1. The van der Waals surface area contributed by atoms with E-state index in [1.807, 2.05) is 0 Å². The number of hydrogen-bond donors (Lipinski definition) is 2. The molecule has 0 saturated carbocycles. The Bertz CT molecular complexity index is 548. The molecule has 0 aliphatic rings. The van der Waals surface area contributed by atoms with Gasteiger partial charge in [-0.1, -0.05) is 23.2 Å². The third kappa shape index (κ3) is 3.80. The smallest absolute Gasteiger partial charge is 0.271 e. The fourth-order valence-electron chi connectivity index (χ4n) is 1.19. The number of carbonyl (C=O) groups excluding carboxylic acids is 2. The Balaban J connectivity index is 3.02. The molecule has 9 heteroatoms. The van der Waals surface area contributed by atoms with Crippen molar-refractivity contribution in [3.05, 3.63) is 37.9 Å². The molecule has 0 radical (unpaired) electrons. The number of rotatable bonds is 4. The van der Waals surface area contributed by atoms with Crippen molar-refractivity contribution in [2.45, 2.75) is 0 Å². The summed E-state index contributed by atoms with van der Waals surface area (Å²) in [7, 11) is 1.41. The average molecular weight is 306 g/mol. The van der Waals surface area contributed by atoms with Crippen molar-refractivity contribution >= 4 is 40.7 Å². The van der Waals surface area contributed by atoms with Crippen LogP contribution < -0.4 is 10.6 Å². The molecule has 0 spiro atoms. The van der Waals surface area contributed by atoms with Crippen LogP contribution in [0.25, 0.3) is 0 Å². The Labute approximate surface area is 118 Å². The lowest BCUT2D eigenvalue weighted by atomic mass is 10.2. The van der Waals surface area contributed by atoms with Crippen LogP contribution in [-0.4, -0.2) is 30.3 Å². The van der Waals surface area contributed by atoms with Crippen LogP contribution in [0.2, 0.25) is 10.0 Å². The van der Waals surface area contributed by atoms with Gasteiger partial charge in [-0.05, 0) is 0 Å². The van der Waals surface area contributed by atoms with Gasteiger partial charge in [-0.15, -0.1) is 0 Å². The molecule has 1 aromatic rings. The third-order valence-electron chi connectivity index (χ3n) is 2.16. The van der Waals surface area contributed by atoms with Crippen LogP contribution in [0, 0.1) is 10.1 Å². The predicted molar refractivity (Wildman–Crippen MR) is 69.5 cm³/mol. The molecular weight excluding hydrogens is 297 g/mol. The number of amides is 2. The lowest BCUT2D eigenvalue weighted by molar-refractivity contribution is -0.384. The van der Waals surface area contributed by atoms with Crippen LogP contribution in [0.1, 0.15) is 10.4 Å². The van der Waals surface area contributed by atoms with E-state index in [1.54, 1.807) is 0 Å². The van der Waals surface area contributed by atoms with E-state index < -0.39 is 16.7 Å². The number of halogens is 2. The van der Waals surface area contributed by atoms with Crippen LogP contribution in [0.15, 0.2) is 12.1 Å². The summed E-state index contributed by atoms with van der Waals surface area (Å²) in [6, 6.07) is 2.03. The van der Waals surface area contributed by atoms with Crippen molar-refractivity contribution in [2.75, 3.05) is 13.6 Å². The molecule has 0 heterocycles. The Morgan fingerprint density at radius 1 is 1.37 bits per heavy atom. The second-order valence-corrected chi connectivity index (χ2v) is 4.19. The molecule has 19 heavy (non-hydrogen) atoms. The topological polar surface area (TPSA) is 101 Å². The standard InChI is InChI=1S/C10H9Cl2N3O4/c1-13-8(16)4-14-10(17)6-2-5(15(18)19)3-7(11)9(6)12/h2-3H,4H2,1H3,(H,13,16)(H,14,17). The van der Waals surface area contributed by atoms with Gasteiger partial charge in [-0.3, -0.25) is 19.7 Å². The molecule has 7 nitrogen and oxygen atoms in total. The number of likely N-dealkylation sites (N-methyl/N-ethyl adjacent to an activating group) is 1. The normalized spacial score (nSPS) is 9.84. The van der Waals surface area contributed by atoms with E-state index in [0.29, 0.717) is 0 Å². The van der Waals surface area contributed by atoms with Crippen molar-refractivity contribution in [2.24, 2.45) is 0 Å². The first kappa shape index (κ1) is 15.2. The Morgan fingerprint density at radius 2 is 2.00 bits per heavy atom. The minimum Gasteiger partial charge on any atom is -0.358 e. The number of nitrogens with one attached hydrogen (secondary N) is 2. The first-order valence-corrected chi connectivity index (χ1v) is 5.74. The molecule has 2 amide bonds. The highest BCUT2D eigenvalue weighted by molar-refractivity contribution is 6.44. The molecular formula is C10H9Cl2N3O4. The maximum atomic E-state index is 11.8. The van der Waals surface area contributed by atoms with Gasteiger partial charge in [-0.25, -0.2) is 0 Å². The van der Waals surface area contributed by atoms with Gasteiger partial charge in [0.25, 0.3) is 11.6 Å². The summed E-state index contributed by atoms with van der Waals surface area (Å²) in [4.78, 5) is 32.7. The monoisotopic (exact) mass is 305 g/mol. The van der Waals surface area contributed by atoms with E-state index in [2.05, 4.69) is 10.6 Å². The Morgan fingerprint density at radius 3 is 2.53 bits per heavy atom. The largest absolute Gasteiger partial charge is 0.358 e. The lowest BCUT2D eigenvalue weighted by Gasteiger charge is -2.07. The molecule has 0 fully saturated rings. The van der Waals surface area contributed by atoms with Gasteiger partial charge in [0.2, 0.25) is 5.91 Å². The van der Waals surface area contributed by atoms with Crippen molar-refractivity contribution in [1.29, 1.82) is 0 Å². The Kier molecular flexibility index (Phi) is 5.08. The van der Waals surface area contributed by atoms with Crippen molar-refractivity contribution in [3.63, 3.8) is 0 Å². The summed E-state index contributed by atoms with van der Waals surface area (Å²) in [5, 5.41) is 15.0. The SMILES string of the molecule is CNC(=O)CNC(=O)c1cc([N+](=O)[O-])cc(Cl)c1Cl. The van der Waals surface area contributed by atoms with E-state index >= 15 is 0 Å². The van der Waals surface area contributed by atoms with Gasteiger partial charge in [-0.2, -0.15) is 0 Å². The fourth-order valence-corrected chi connectivity index (χ4v) is 1.60. The quantitative estimate of drug-likeness (QED) is 0.648. The highest BCUT2D eigenvalue weighted by Gasteiger charge is 2.19. The van der Waals surface area contributed by atoms with Crippen LogP contribution >= 0.6 is 23.2 Å². The number of nitrogens with zero attached hydrogens (tertiary/aromatic N) is 1. The van der Waals surface area contributed by atoms with E-state index in [4.69, 9.17) is 23.2 Å². The number of hydrogen-bond acceptors (Lipinski definition) is 4. The molecule has 0 aromatic heterocycles. The zero-order valence-electron chi connectivity index (χ0n) is 9.70. The zero-order chi connectivity index (χ0) is 14.6. The summed E-state index contributed by atoms with van der Waals surface area (Å²) in [5.41, 5.74) is -0.524. The molecule has 2 N–H and O–H groups in total. The molecule has 102 valence electrons. The first-order chi connectivity index (χ1) is 8.86. The van der Waals surface area contributed by atoms with Gasteiger partial charge in [0.1, 0.15) is 0 Å². The average Bonchev–Trinajstić information content (AvgIpc) is 2.38. The molecule has 0 bridgehead atoms. The summed E-state index contributed by atoms with van der Waals surface area (Å²) in [6.45, 7) is -0.272. The molecule has 0 unspecified atom stereocenters. The zero-order valence-corrected chi connectivity index (χ0v) is 11.2. The predicted octanol–water partition coefficient (Wildman–Crippen LogP) is 1.38. The van der Waals surface area contributed by atoms with E-state index in [0.717, 1.165) is 12.1 Å². The minimum atomic E-state index is -0.723. The van der Waals surface area contributed by atoms with Gasteiger partial charge < -0.3 is 10.6 Å². The van der Waals surface area contributed by atoms with Crippen molar-refractivity contribution < 1.29 is 14.5 Å². The van der Waals surface area contributed by atoms with E-state index in [1.165, 1.54) is 7.05 Å². The summed E-state index contributed by atoms with van der Waals surface area (Å²) in [6.07, 6.45) is 0. The van der Waals surface area contributed by atoms with Crippen LogP contribution in [-0.2, 0) is 4.79 Å². The molecule has 0 atom stereocenters. The summed E-state index contributed by atoms with van der Waals surface area (Å²) >= 11 is 11.5. The number of nitro benzene ring substituents is 1. The number of benzene rings is 1. The molecule has 1 aromatic carbocycles. The maximum Gasteiger partial charge on any atom is 0.271 e. The van der Waals surface area contributed by atoms with Crippen LogP contribution in [0.5, 0.6) is 0 Å². The Hall–Kier alpha value is -1.86. The third-order valence-corrected chi connectivity index (χ3v) is 2.96. The second kappa shape index (κ2) is 6.35. The van der Waals surface area contributed by atoms with Gasteiger partial charge in [0, 0.05) is 19.2 Å². The van der Waals surface area contributed by atoms with E-state index in [9.17, 15) is 19.7 Å². The molecule has 0 aliphatic carbocycles. The van der Waals surface area contributed by atoms with Crippen LogP contribution in [0.3, 0.4) is 0 Å². The minimum absolute atomic E-state index is 0.110. The maximum absolute atomic E-state index is 11.8. The van der Waals surface area contributed by atoms with Crippen molar-refractivity contribution in [1.82, 2.24) is 10.6 Å². The van der Waals surface area contributed by atoms with Gasteiger partial charge in [0.05, 0.1) is 27.1 Å². The summed E-state index contributed by atoms with van der Waals surface area (Å²) in [5.74, 6) is -1.14. The first-order valence-electron chi connectivity index (χ1n) is 4.99. The molecule has 1 rings (SSSR count). The van der Waals surface area contributed by atoms with Gasteiger partial charge >= 0.3 is 0 Å². The molecule has 0 aliphatic heterocycles. The van der Waals surface area contributed by atoms with Crippen LogP contribution in [0.4, 0.5) is 5.69 Å². The summed E-state index contributed by atoms with van der Waals surface area (Å²) < 4.78 is 0. The fraction of sp³-hybridized carbons (Fsp3) is 0.200. The highest BCUT2D eigenvalue weighted by Crippen LogP contribution is 2.30. The number of nitro groups is 1. The second-order valence-electron chi connectivity index (χ2n) is 3.40. The highest BCUT2D eigenvalue weighted by atomic mass is 35.5. The van der Waals surface area contributed by atoms with Crippen molar-refractivity contribution in [3.8, 4) is 0 Å².